The monoisotopic (exact) mass is 241 g/mol. The first-order chi connectivity index (χ1) is 8.75. The van der Waals surface area contributed by atoms with Crippen molar-refractivity contribution in [3.8, 4) is 0 Å². The molecule has 0 amide bonds. The van der Waals surface area contributed by atoms with Gasteiger partial charge < -0.3 is 10.3 Å². The number of nitrogens with zero attached hydrogens (tertiary/aromatic N) is 2. The molecule has 0 spiro atoms. The third-order valence-electron chi connectivity index (χ3n) is 4.45. The van der Waals surface area contributed by atoms with Gasteiger partial charge in [-0.25, -0.2) is 4.98 Å². The van der Waals surface area contributed by atoms with Gasteiger partial charge in [0.25, 0.3) is 0 Å². The fourth-order valence-corrected chi connectivity index (χ4v) is 3.32. The van der Waals surface area contributed by atoms with Crippen LogP contribution in [-0.2, 0) is 0 Å². The fraction of sp³-hybridized carbons (Fsp3) is 0.533. The summed E-state index contributed by atoms with van der Waals surface area (Å²) in [6.07, 6.45) is 5.47. The molecule has 2 aromatic rings. The molecule has 0 saturated heterocycles. The Bertz CT molecular complexity index is 593. The number of aryl methyl sites for hydroxylation is 1. The van der Waals surface area contributed by atoms with Crippen LogP contribution >= 0.6 is 0 Å². The van der Waals surface area contributed by atoms with Gasteiger partial charge in [-0.1, -0.05) is 12.1 Å². The molecule has 0 aliphatic heterocycles. The highest BCUT2D eigenvalue weighted by Gasteiger charge is 2.43. The van der Waals surface area contributed by atoms with Crippen molar-refractivity contribution in [2.24, 2.45) is 11.8 Å². The van der Waals surface area contributed by atoms with E-state index < -0.39 is 0 Å². The van der Waals surface area contributed by atoms with Gasteiger partial charge in [-0.3, -0.25) is 0 Å². The predicted molar refractivity (Wildman–Crippen MR) is 73.4 cm³/mol. The van der Waals surface area contributed by atoms with Crippen LogP contribution in [0.4, 0.5) is 5.95 Å². The van der Waals surface area contributed by atoms with Gasteiger partial charge in [0.05, 0.1) is 11.0 Å². The number of fused-ring (bicyclic) bond motifs is 1. The quantitative estimate of drug-likeness (QED) is 0.896. The van der Waals surface area contributed by atoms with E-state index in [1.807, 2.05) is 0 Å². The van der Waals surface area contributed by atoms with Gasteiger partial charge in [-0.05, 0) is 56.1 Å². The van der Waals surface area contributed by atoms with Crippen molar-refractivity contribution in [3.63, 3.8) is 0 Å². The van der Waals surface area contributed by atoms with E-state index in [0.717, 1.165) is 17.4 Å². The summed E-state index contributed by atoms with van der Waals surface area (Å²) in [7, 11) is 0. The lowest BCUT2D eigenvalue weighted by Crippen LogP contribution is -2.16. The van der Waals surface area contributed by atoms with Crippen LogP contribution in [0.25, 0.3) is 11.0 Å². The molecule has 2 fully saturated rings. The molecule has 2 N–H and O–H groups in total. The van der Waals surface area contributed by atoms with Gasteiger partial charge in [0.2, 0.25) is 5.95 Å². The van der Waals surface area contributed by atoms with Crippen LogP contribution < -0.4 is 5.73 Å². The molecule has 3 heteroatoms. The second-order valence-corrected chi connectivity index (χ2v) is 5.95. The first kappa shape index (κ1) is 10.4. The van der Waals surface area contributed by atoms with Crippen LogP contribution in [-0.4, -0.2) is 9.55 Å². The van der Waals surface area contributed by atoms with E-state index in [-0.39, 0.29) is 0 Å². The molecule has 2 aliphatic rings. The largest absolute Gasteiger partial charge is 0.369 e. The minimum atomic E-state index is 0.607. The lowest BCUT2D eigenvalue weighted by molar-refractivity contribution is 0.408. The van der Waals surface area contributed by atoms with Crippen molar-refractivity contribution in [2.45, 2.75) is 38.6 Å². The van der Waals surface area contributed by atoms with Crippen LogP contribution in [0.5, 0.6) is 0 Å². The number of rotatable bonds is 3. The predicted octanol–water partition coefficient (Wildman–Crippen LogP) is 3.29. The number of para-hydroxylation sites is 1. The first-order valence-electron chi connectivity index (χ1n) is 6.98. The van der Waals surface area contributed by atoms with Crippen molar-refractivity contribution in [1.82, 2.24) is 9.55 Å². The van der Waals surface area contributed by atoms with Gasteiger partial charge in [-0.2, -0.15) is 0 Å². The van der Waals surface area contributed by atoms with Crippen LogP contribution in [0.1, 0.15) is 37.3 Å². The molecule has 2 aliphatic carbocycles. The summed E-state index contributed by atoms with van der Waals surface area (Å²) in [6, 6.07) is 6.91. The van der Waals surface area contributed by atoms with Gasteiger partial charge in [0, 0.05) is 6.04 Å². The summed E-state index contributed by atoms with van der Waals surface area (Å²) in [4.78, 5) is 4.56. The maximum absolute atomic E-state index is 6.21. The van der Waals surface area contributed by atoms with E-state index in [1.165, 1.54) is 36.8 Å². The van der Waals surface area contributed by atoms with Gasteiger partial charge in [0.1, 0.15) is 0 Å². The van der Waals surface area contributed by atoms with Gasteiger partial charge >= 0.3 is 0 Å². The molecule has 0 radical (unpaired) electrons. The second kappa shape index (κ2) is 3.50. The van der Waals surface area contributed by atoms with Crippen LogP contribution in [0, 0.1) is 18.8 Å². The number of benzene rings is 1. The standard InChI is InChI=1S/C15H19N3/c1-9-3-2-4-12-13(9)18(15(16)17-12)14(10-5-6-10)11-7-8-11/h2-4,10-11,14H,5-8H2,1H3,(H2,16,17). The third-order valence-corrected chi connectivity index (χ3v) is 4.45. The summed E-state index contributed by atoms with van der Waals surface area (Å²) >= 11 is 0. The zero-order valence-electron chi connectivity index (χ0n) is 10.8. The van der Waals surface area contributed by atoms with Crippen LogP contribution in [0.2, 0.25) is 0 Å². The van der Waals surface area contributed by atoms with Crippen molar-refractivity contribution >= 4 is 17.0 Å². The Labute approximate surface area is 107 Å². The zero-order chi connectivity index (χ0) is 12.3. The number of hydrogen-bond donors (Lipinski definition) is 1. The normalized spacial score (nSPS) is 19.9. The van der Waals surface area contributed by atoms with Crippen LogP contribution in [0.3, 0.4) is 0 Å². The third kappa shape index (κ3) is 1.46. The molecule has 1 aromatic carbocycles. The highest BCUT2D eigenvalue weighted by molar-refractivity contribution is 5.81. The summed E-state index contributed by atoms with van der Waals surface area (Å²) in [6.45, 7) is 2.16. The number of hydrogen-bond acceptors (Lipinski definition) is 2. The van der Waals surface area contributed by atoms with E-state index in [4.69, 9.17) is 5.73 Å². The van der Waals surface area contributed by atoms with E-state index in [9.17, 15) is 0 Å². The van der Waals surface area contributed by atoms with Crippen molar-refractivity contribution in [2.75, 3.05) is 5.73 Å². The molecule has 1 aromatic heterocycles. The highest BCUT2D eigenvalue weighted by atomic mass is 15.2. The minimum Gasteiger partial charge on any atom is -0.369 e. The van der Waals surface area contributed by atoms with Crippen molar-refractivity contribution in [3.05, 3.63) is 23.8 Å². The van der Waals surface area contributed by atoms with E-state index in [0.29, 0.717) is 12.0 Å². The SMILES string of the molecule is Cc1cccc2nc(N)n(C(C3CC3)C3CC3)c12. The molecule has 1 heterocycles. The second-order valence-electron chi connectivity index (χ2n) is 5.95. The Morgan fingerprint density at radius 1 is 1.22 bits per heavy atom. The summed E-state index contributed by atoms with van der Waals surface area (Å²) in [5.41, 5.74) is 9.82. The maximum Gasteiger partial charge on any atom is 0.201 e. The zero-order valence-corrected chi connectivity index (χ0v) is 10.8. The minimum absolute atomic E-state index is 0.607. The summed E-state index contributed by atoms with van der Waals surface area (Å²) < 4.78 is 2.35. The molecule has 94 valence electrons. The van der Waals surface area contributed by atoms with Gasteiger partial charge in [0.15, 0.2) is 0 Å². The lowest BCUT2D eigenvalue weighted by atomic mass is 10.1. The number of imidazole rings is 1. The molecule has 18 heavy (non-hydrogen) atoms. The molecule has 3 nitrogen and oxygen atoms in total. The summed E-state index contributed by atoms with van der Waals surface area (Å²) in [5.74, 6) is 2.40. The molecular weight excluding hydrogens is 222 g/mol. The molecule has 0 atom stereocenters. The smallest absolute Gasteiger partial charge is 0.201 e. The number of anilines is 1. The number of aromatic nitrogens is 2. The fourth-order valence-electron chi connectivity index (χ4n) is 3.32. The Hall–Kier alpha value is -1.51. The molecule has 0 bridgehead atoms. The van der Waals surface area contributed by atoms with E-state index in [1.54, 1.807) is 0 Å². The Balaban J connectivity index is 1.94. The topological polar surface area (TPSA) is 43.8 Å². The van der Waals surface area contributed by atoms with E-state index in [2.05, 4.69) is 34.7 Å². The van der Waals surface area contributed by atoms with Gasteiger partial charge in [-0.15, -0.1) is 0 Å². The molecular formula is C15H19N3. The molecule has 0 unspecified atom stereocenters. The summed E-state index contributed by atoms with van der Waals surface area (Å²) in [5, 5.41) is 0. The van der Waals surface area contributed by atoms with Crippen molar-refractivity contribution in [1.29, 1.82) is 0 Å². The Morgan fingerprint density at radius 3 is 2.50 bits per heavy atom. The number of nitrogens with two attached hydrogens (primary N) is 1. The van der Waals surface area contributed by atoms with E-state index >= 15 is 0 Å². The first-order valence-corrected chi connectivity index (χ1v) is 6.98. The highest BCUT2D eigenvalue weighted by Crippen LogP contribution is 2.53. The molecule has 2 saturated carbocycles. The number of nitrogen functional groups attached to an aromatic ring is 1. The Morgan fingerprint density at radius 2 is 1.89 bits per heavy atom. The average molecular weight is 241 g/mol. The molecule has 4 rings (SSSR count). The average Bonchev–Trinajstić information content (AvgIpc) is 3.22. The van der Waals surface area contributed by atoms with Crippen molar-refractivity contribution < 1.29 is 0 Å². The van der Waals surface area contributed by atoms with Crippen LogP contribution in [0.15, 0.2) is 18.2 Å². The Kier molecular flexibility index (Phi) is 2.02. The lowest BCUT2D eigenvalue weighted by Gasteiger charge is -2.20. The maximum atomic E-state index is 6.21.